The fourth-order valence-corrected chi connectivity index (χ4v) is 3.45. The number of fused-ring (bicyclic) bond motifs is 1. The number of nitrogens with zero attached hydrogens (tertiary/aromatic N) is 2. The molecular formula is C12H12Cl3N3O. The summed E-state index contributed by atoms with van der Waals surface area (Å²) in [6, 6.07) is 1.70. The molecule has 1 aromatic rings. The molecule has 0 aromatic carbocycles. The molecule has 102 valence electrons. The zero-order valence-corrected chi connectivity index (χ0v) is 12.3. The quantitative estimate of drug-likeness (QED) is 0.809. The second-order valence-electron chi connectivity index (χ2n) is 4.82. The highest BCUT2D eigenvalue weighted by atomic mass is 35.5. The van der Waals surface area contributed by atoms with Crippen LogP contribution in [0, 0.1) is 5.92 Å². The molecule has 3 rings (SSSR count). The van der Waals surface area contributed by atoms with Gasteiger partial charge in [-0.2, -0.15) is 0 Å². The third-order valence-electron chi connectivity index (χ3n) is 3.74. The molecule has 2 fully saturated rings. The van der Waals surface area contributed by atoms with Crippen LogP contribution >= 0.6 is 34.8 Å². The van der Waals surface area contributed by atoms with Crippen molar-refractivity contribution in [3.8, 4) is 0 Å². The lowest BCUT2D eigenvalue weighted by Crippen LogP contribution is -2.46. The summed E-state index contributed by atoms with van der Waals surface area (Å²) in [6.45, 7) is 1.45. The first kappa shape index (κ1) is 13.3. The molecule has 2 unspecified atom stereocenters. The monoisotopic (exact) mass is 319 g/mol. The van der Waals surface area contributed by atoms with Gasteiger partial charge in [-0.05, 0) is 18.9 Å². The molecule has 1 amide bonds. The molecule has 2 atom stereocenters. The maximum Gasteiger partial charge on any atom is 0.225 e. The van der Waals surface area contributed by atoms with E-state index in [9.17, 15) is 4.79 Å². The molecule has 0 aliphatic carbocycles. The van der Waals surface area contributed by atoms with Gasteiger partial charge in [0.15, 0.2) is 0 Å². The van der Waals surface area contributed by atoms with Crippen molar-refractivity contribution in [3.63, 3.8) is 0 Å². The fourth-order valence-electron chi connectivity index (χ4n) is 2.85. The third kappa shape index (κ3) is 2.26. The second-order valence-corrected chi connectivity index (χ2v) is 5.99. The lowest BCUT2D eigenvalue weighted by atomic mass is 9.91. The standard InChI is InChI=1S/C12H12Cl3N3O/c13-7-4-8(14)11(17-10(7)15)18-3-1-2-6-9(18)5-16-12(6)19/h4,6,9H,1-3,5H2,(H,16,19). The molecule has 7 heteroatoms. The summed E-state index contributed by atoms with van der Waals surface area (Å²) in [6.07, 6.45) is 1.85. The predicted octanol–water partition coefficient (Wildman–Crippen LogP) is 2.76. The van der Waals surface area contributed by atoms with Crippen molar-refractivity contribution in [2.75, 3.05) is 18.0 Å². The molecule has 0 saturated carbocycles. The van der Waals surface area contributed by atoms with Crippen LogP contribution in [0.3, 0.4) is 0 Å². The van der Waals surface area contributed by atoms with Gasteiger partial charge in [0.25, 0.3) is 0 Å². The van der Waals surface area contributed by atoms with Crippen molar-refractivity contribution in [2.45, 2.75) is 18.9 Å². The number of hydrogen-bond acceptors (Lipinski definition) is 3. The first-order valence-electron chi connectivity index (χ1n) is 6.14. The van der Waals surface area contributed by atoms with Gasteiger partial charge in [-0.1, -0.05) is 34.8 Å². The zero-order valence-electron chi connectivity index (χ0n) is 10.00. The number of pyridine rings is 1. The molecule has 1 N–H and O–H groups in total. The predicted molar refractivity (Wildman–Crippen MR) is 76.1 cm³/mol. The highest BCUT2D eigenvalue weighted by Gasteiger charge is 2.41. The third-order valence-corrected chi connectivity index (χ3v) is 4.69. The number of aromatic nitrogens is 1. The fraction of sp³-hybridized carbons (Fsp3) is 0.500. The maximum absolute atomic E-state index is 11.8. The van der Waals surface area contributed by atoms with Crippen molar-refractivity contribution in [1.82, 2.24) is 10.3 Å². The molecule has 0 radical (unpaired) electrons. The molecule has 0 bridgehead atoms. The van der Waals surface area contributed by atoms with Crippen LogP contribution in [0.1, 0.15) is 12.8 Å². The Morgan fingerprint density at radius 3 is 2.89 bits per heavy atom. The number of hydrogen-bond donors (Lipinski definition) is 1. The second kappa shape index (κ2) is 5.00. The SMILES string of the molecule is O=C1NCC2C1CCCN2c1nc(Cl)c(Cl)cc1Cl. The van der Waals surface area contributed by atoms with E-state index in [-0.39, 0.29) is 23.0 Å². The van der Waals surface area contributed by atoms with E-state index in [1.54, 1.807) is 6.07 Å². The Morgan fingerprint density at radius 1 is 1.32 bits per heavy atom. The Hall–Kier alpha value is -0.710. The minimum atomic E-state index is 0.0149. The number of carbonyl (C=O) groups is 1. The van der Waals surface area contributed by atoms with Gasteiger partial charge < -0.3 is 10.2 Å². The van der Waals surface area contributed by atoms with E-state index < -0.39 is 0 Å². The van der Waals surface area contributed by atoms with E-state index in [1.165, 1.54) is 0 Å². The van der Waals surface area contributed by atoms with Gasteiger partial charge in [-0.3, -0.25) is 4.79 Å². The van der Waals surface area contributed by atoms with Crippen LogP contribution in [0.4, 0.5) is 5.82 Å². The van der Waals surface area contributed by atoms with Gasteiger partial charge in [0, 0.05) is 13.1 Å². The molecule has 3 heterocycles. The Morgan fingerprint density at radius 2 is 2.11 bits per heavy atom. The smallest absolute Gasteiger partial charge is 0.225 e. The Labute approximate surface area is 126 Å². The van der Waals surface area contributed by atoms with E-state index in [0.717, 1.165) is 19.4 Å². The molecule has 2 aliphatic rings. The topological polar surface area (TPSA) is 45.2 Å². The molecule has 2 saturated heterocycles. The van der Waals surface area contributed by atoms with Gasteiger partial charge in [-0.25, -0.2) is 4.98 Å². The van der Waals surface area contributed by atoms with Crippen molar-refractivity contribution in [2.24, 2.45) is 5.92 Å². The first-order valence-corrected chi connectivity index (χ1v) is 7.27. The highest BCUT2D eigenvalue weighted by Crippen LogP contribution is 2.36. The van der Waals surface area contributed by atoms with E-state index in [4.69, 9.17) is 34.8 Å². The zero-order chi connectivity index (χ0) is 13.6. The summed E-state index contributed by atoms with van der Waals surface area (Å²) in [7, 11) is 0. The molecule has 4 nitrogen and oxygen atoms in total. The Bertz CT molecular complexity index is 537. The number of carbonyl (C=O) groups excluding carboxylic acids is 1. The number of nitrogens with one attached hydrogen (secondary N) is 1. The summed E-state index contributed by atoms with van der Waals surface area (Å²) in [5, 5.41) is 3.94. The van der Waals surface area contributed by atoms with Gasteiger partial charge in [0.05, 0.1) is 22.0 Å². The minimum absolute atomic E-state index is 0.0149. The number of rotatable bonds is 1. The summed E-state index contributed by atoms with van der Waals surface area (Å²) in [5.74, 6) is 0.745. The van der Waals surface area contributed by atoms with Crippen LogP contribution in [-0.4, -0.2) is 30.0 Å². The van der Waals surface area contributed by atoms with Gasteiger partial charge in [0.1, 0.15) is 11.0 Å². The number of amides is 1. The van der Waals surface area contributed by atoms with Crippen LogP contribution in [0.25, 0.3) is 0 Å². The van der Waals surface area contributed by atoms with E-state index in [2.05, 4.69) is 15.2 Å². The average Bonchev–Trinajstić information content (AvgIpc) is 2.76. The number of halogens is 3. The van der Waals surface area contributed by atoms with E-state index in [0.29, 0.717) is 22.4 Å². The number of piperidine rings is 1. The van der Waals surface area contributed by atoms with Crippen LogP contribution < -0.4 is 10.2 Å². The van der Waals surface area contributed by atoms with Crippen LogP contribution in [-0.2, 0) is 4.79 Å². The minimum Gasteiger partial charge on any atom is -0.354 e. The van der Waals surface area contributed by atoms with Crippen molar-refractivity contribution < 1.29 is 4.79 Å². The van der Waals surface area contributed by atoms with Crippen molar-refractivity contribution in [1.29, 1.82) is 0 Å². The van der Waals surface area contributed by atoms with Crippen LogP contribution in [0.15, 0.2) is 6.07 Å². The molecule has 19 heavy (non-hydrogen) atoms. The van der Waals surface area contributed by atoms with E-state index >= 15 is 0 Å². The normalized spacial score (nSPS) is 26.3. The summed E-state index contributed by atoms with van der Waals surface area (Å²) >= 11 is 18.1. The molecule has 0 spiro atoms. The lowest BCUT2D eigenvalue weighted by molar-refractivity contribution is -0.122. The maximum atomic E-state index is 11.8. The van der Waals surface area contributed by atoms with Crippen molar-refractivity contribution in [3.05, 3.63) is 21.3 Å². The van der Waals surface area contributed by atoms with Gasteiger partial charge in [-0.15, -0.1) is 0 Å². The number of anilines is 1. The summed E-state index contributed by atoms with van der Waals surface area (Å²) in [5.41, 5.74) is 0. The molecule has 1 aromatic heterocycles. The first-order chi connectivity index (χ1) is 9.08. The summed E-state index contributed by atoms with van der Waals surface area (Å²) in [4.78, 5) is 18.1. The van der Waals surface area contributed by atoms with E-state index in [1.807, 2.05) is 0 Å². The molecule has 2 aliphatic heterocycles. The highest BCUT2D eigenvalue weighted by molar-refractivity contribution is 6.42. The largest absolute Gasteiger partial charge is 0.354 e. The van der Waals surface area contributed by atoms with Gasteiger partial charge in [0.2, 0.25) is 5.91 Å². The Kier molecular flexibility index (Phi) is 3.50. The van der Waals surface area contributed by atoms with Gasteiger partial charge >= 0.3 is 0 Å². The summed E-state index contributed by atoms with van der Waals surface area (Å²) < 4.78 is 0. The Balaban J connectivity index is 1.97. The van der Waals surface area contributed by atoms with Crippen LogP contribution in [0.2, 0.25) is 15.2 Å². The van der Waals surface area contributed by atoms with Crippen molar-refractivity contribution >= 4 is 46.5 Å². The van der Waals surface area contributed by atoms with Crippen LogP contribution in [0.5, 0.6) is 0 Å². The molecular weight excluding hydrogens is 309 g/mol. The average molecular weight is 321 g/mol. The lowest BCUT2D eigenvalue weighted by Gasteiger charge is -2.37.